The molecular weight excluding hydrogens is 198 g/mol. The van der Waals surface area contributed by atoms with Crippen LogP contribution in [0.3, 0.4) is 0 Å². The van der Waals surface area contributed by atoms with Gasteiger partial charge in [-0.2, -0.15) is 0 Å². The van der Waals surface area contributed by atoms with Crippen molar-refractivity contribution in [1.29, 1.82) is 0 Å². The summed E-state index contributed by atoms with van der Waals surface area (Å²) in [6.45, 7) is 13.3. The Bertz CT molecular complexity index is 278. The SMILES string of the molecule is CC/C=C(/OC(C)(C)C)N1CC2C(C)C2C1. The van der Waals surface area contributed by atoms with Crippen molar-refractivity contribution in [2.24, 2.45) is 17.8 Å². The number of fused-ring (bicyclic) bond motifs is 1. The quantitative estimate of drug-likeness (QED) is 0.681. The highest BCUT2D eigenvalue weighted by Gasteiger charge is 2.53. The van der Waals surface area contributed by atoms with Gasteiger partial charge in [0.25, 0.3) is 0 Å². The molecule has 1 aliphatic carbocycles. The Labute approximate surface area is 99.7 Å². The second kappa shape index (κ2) is 3.97. The van der Waals surface area contributed by atoms with Crippen molar-refractivity contribution in [3.05, 3.63) is 12.0 Å². The molecule has 92 valence electrons. The van der Waals surface area contributed by atoms with Crippen molar-refractivity contribution in [1.82, 2.24) is 4.90 Å². The number of hydrogen-bond acceptors (Lipinski definition) is 2. The molecule has 1 saturated carbocycles. The molecule has 0 amide bonds. The maximum Gasteiger partial charge on any atom is 0.185 e. The van der Waals surface area contributed by atoms with Crippen LogP contribution in [0.2, 0.25) is 0 Å². The van der Waals surface area contributed by atoms with Gasteiger partial charge in [-0.3, -0.25) is 0 Å². The van der Waals surface area contributed by atoms with Crippen LogP contribution in [0.1, 0.15) is 41.0 Å². The molecule has 0 aromatic heterocycles. The first-order chi connectivity index (χ1) is 7.42. The molecule has 2 fully saturated rings. The van der Waals surface area contributed by atoms with E-state index in [-0.39, 0.29) is 5.60 Å². The Balaban J connectivity index is 1.97. The van der Waals surface area contributed by atoms with Crippen LogP contribution in [-0.2, 0) is 4.74 Å². The summed E-state index contributed by atoms with van der Waals surface area (Å²) in [5.74, 6) is 3.93. The van der Waals surface area contributed by atoms with E-state index in [0.717, 1.165) is 30.1 Å². The third kappa shape index (κ3) is 2.36. The fourth-order valence-electron chi connectivity index (χ4n) is 2.73. The molecule has 2 atom stereocenters. The van der Waals surface area contributed by atoms with Crippen molar-refractivity contribution >= 4 is 0 Å². The van der Waals surface area contributed by atoms with E-state index in [0.29, 0.717) is 0 Å². The minimum Gasteiger partial charge on any atom is -0.474 e. The van der Waals surface area contributed by atoms with E-state index in [4.69, 9.17) is 4.74 Å². The normalized spacial score (nSPS) is 33.9. The molecule has 2 rings (SSSR count). The van der Waals surface area contributed by atoms with Crippen molar-refractivity contribution in [2.75, 3.05) is 13.1 Å². The zero-order chi connectivity index (χ0) is 11.9. The van der Waals surface area contributed by atoms with Crippen LogP contribution in [-0.4, -0.2) is 23.6 Å². The number of likely N-dealkylation sites (tertiary alicyclic amines) is 1. The van der Waals surface area contributed by atoms with E-state index in [1.54, 1.807) is 0 Å². The third-order valence-electron chi connectivity index (χ3n) is 3.72. The zero-order valence-electron chi connectivity index (χ0n) is 11.3. The number of nitrogens with zero attached hydrogens (tertiary/aromatic N) is 1. The lowest BCUT2D eigenvalue weighted by Gasteiger charge is -2.31. The highest BCUT2D eigenvalue weighted by Crippen LogP contribution is 2.52. The number of piperidine rings is 1. The molecule has 0 aromatic rings. The third-order valence-corrected chi connectivity index (χ3v) is 3.72. The molecule has 0 radical (unpaired) electrons. The minimum atomic E-state index is -0.0839. The van der Waals surface area contributed by atoms with Crippen LogP contribution in [0.25, 0.3) is 0 Å². The number of hydrogen-bond donors (Lipinski definition) is 0. The summed E-state index contributed by atoms with van der Waals surface area (Å²) in [6, 6.07) is 0. The van der Waals surface area contributed by atoms with Gasteiger partial charge in [-0.1, -0.05) is 13.8 Å². The summed E-state index contributed by atoms with van der Waals surface area (Å²) in [7, 11) is 0. The highest BCUT2D eigenvalue weighted by molar-refractivity contribution is 5.09. The van der Waals surface area contributed by atoms with Gasteiger partial charge < -0.3 is 9.64 Å². The molecule has 0 bridgehead atoms. The molecule has 1 aliphatic heterocycles. The first-order valence-corrected chi connectivity index (χ1v) is 6.56. The molecule has 0 N–H and O–H groups in total. The summed E-state index contributed by atoms with van der Waals surface area (Å²) in [4.78, 5) is 2.43. The standard InChI is InChI=1S/C14H25NO/c1-6-7-13(16-14(3,4)5)15-8-11-10(2)12(11)9-15/h7,10-12H,6,8-9H2,1-5H3/b13-7+. The Morgan fingerprint density at radius 1 is 1.31 bits per heavy atom. The average Bonchev–Trinajstić information content (AvgIpc) is 2.64. The lowest BCUT2D eigenvalue weighted by molar-refractivity contribution is 0.00327. The zero-order valence-corrected chi connectivity index (χ0v) is 11.3. The Hall–Kier alpha value is -0.660. The molecule has 2 unspecified atom stereocenters. The summed E-state index contributed by atoms with van der Waals surface area (Å²) in [6.07, 6.45) is 3.27. The topological polar surface area (TPSA) is 12.5 Å². The summed E-state index contributed by atoms with van der Waals surface area (Å²) >= 11 is 0. The average molecular weight is 223 g/mol. The smallest absolute Gasteiger partial charge is 0.185 e. The van der Waals surface area contributed by atoms with E-state index in [2.05, 4.69) is 45.6 Å². The lowest BCUT2D eigenvalue weighted by atomic mass is 10.2. The summed E-state index contributed by atoms with van der Waals surface area (Å²) in [5, 5.41) is 0. The van der Waals surface area contributed by atoms with E-state index >= 15 is 0 Å². The van der Waals surface area contributed by atoms with Gasteiger partial charge in [0.15, 0.2) is 5.88 Å². The van der Waals surface area contributed by atoms with Gasteiger partial charge in [0, 0.05) is 13.1 Å². The predicted octanol–water partition coefficient (Wildman–Crippen LogP) is 3.25. The first-order valence-electron chi connectivity index (χ1n) is 6.56. The van der Waals surface area contributed by atoms with Crippen LogP contribution < -0.4 is 0 Å². The molecule has 1 heterocycles. The van der Waals surface area contributed by atoms with Crippen molar-refractivity contribution < 1.29 is 4.74 Å². The first kappa shape index (κ1) is 11.8. The van der Waals surface area contributed by atoms with Gasteiger partial charge in [-0.15, -0.1) is 0 Å². The highest BCUT2D eigenvalue weighted by atomic mass is 16.5. The van der Waals surface area contributed by atoms with E-state index in [1.807, 2.05) is 0 Å². The second-order valence-corrected chi connectivity index (χ2v) is 6.26. The Morgan fingerprint density at radius 2 is 1.88 bits per heavy atom. The van der Waals surface area contributed by atoms with Crippen molar-refractivity contribution in [3.63, 3.8) is 0 Å². The minimum absolute atomic E-state index is 0.0839. The van der Waals surface area contributed by atoms with Gasteiger partial charge in [-0.25, -0.2) is 0 Å². The predicted molar refractivity (Wildman–Crippen MR) is 66.9 cm³/mol. The molecule has 16 heavy (non-hydrogen) atoms. The molecule has 1 saturated heterocycles. The molecule has 2 aliphatic rings. The maximum absolute atomic E-state index is 6.05. The van der Waals surface area contributed by atoms with Crippen LogP contribution in [0.4, 0.5) is 0 Å². The molecule has 0 aromatic carbocycles. The van der Waals surface area contributed by atoms with E-state index < -0.39 is 0 Å². The maximum atomic E-state index is 6.05. The number of rotatable bonds is 3. The van der Waals surface area contributed by atoms with E-state index in [9.17, 15) is 0 Å². The van der Waals surface area contributed by atoms with Crippen LogP contribution in [0.5, 0.6) is 0 Å². The number of allylic oxidation sites excluding steroid dienone is 1. The van der Waals surface area contributed by atoms with Crippen LogP contribution in [0.15, 0.2) is 12.0 Å². The Kier molecular flexibility index (Phi) is 2.93. The van der Waals surface area contributed by atoms with Gasteiger partial charge >= 0.3 is 0 Å². The van der Waals surface area contributed by atoms with Crippen LogP contribution in [0, 0.1) is 17.8 Å². The fourth-order valence-corrected chi connectivity index (χ4v) is 2.73. The molecule has 0 spiro atoms. The number of ether oxygens (including phenoxy) is 1. The van der Waals surface area contributed by atoms with Crippen LogP contribution >= 0.6 is 0 Å². The molecule has 2 heteroatoms. The van der Waals surface area contributed by atoms with Crippen molar-refractivity contribution in [3.8, 4) is 0 Å². The molecular formula is C14H25NO. The van der Waals surface area contributed by atoms with E-state index in [1.165, 1.54) is 13.1 Å². The summed E-state index contributed by atoms with van der Waals surface area (Å²) < 4.78 is 6.05. The monoisotopic (exact) mass is 223 g/mol. The fraction of sp³-hybridized carbons (Fsp3) is 0.857. The van der Waals surface area contributed by atoms with Gasteiger partial charge in [0.05, 0.1) is 0 Å². The molecule has 2 nitrogen and oxygen atoms in total. The van der Waals surface area contributed by atoms with Gasteiger partial charge in [0.1, 0.15) is 5.60 Å². The lowest BCUT2D eigenvalue weighted by Crippen LogP contribution is -2.30. The Morgan fingerprint density at radius 3 is 2.31 bits per heavy atom. The van der Waals surface area contributed by atoms with Gasteiger partial charge in [0.2, 0.25) is 0 Å². The summed E-state index contributed by atoms with van der Waals surface area (Å²) in [5.41, 5.74) is -0.0839. The largest absolute Gasteiger partial charge is 0.474 e. The van der Waals surface area contributed by atoms with Gasteiger partial charge in [-0.05, 0) is 51.0 Å². The second-order valence-electron chi connectivity index (χ2n) is 6.26. The van der Waals surface area contributed by atoms with Crippen molar-refractivity contribution in [2.45, 2.75) is 46.6 Å².